The lowest BCUT2D eigenvalue weighted by Gasteiger charge is -2.41. The minimum atomic E-state index is -0.731. The van der Waals surface area contributed by atoms with Crippen LogP contribution >= 0.6 is 15.9 Å². The molecule has 2 aliphatic rings. The van der Waals surface area contributed by atoms with Crippen molar-refractivity contribution in [2.75, 3.05) is 13.1 Å². The van der Waals surface area contributed by atoms with E-state index >= 15 is 0 Å². The zero-order valence-corrected chi connectivity index (χ0v) is 13.2. The maximum atomic E-state index is 11.2. The summed E-state index contributed by atoms with van der Waals surface area (Å²) < 4.78 is 2.91. The maximum absolute atomic E-state index is 11.2. The van der Waals surface area contributed by atoms with Crippen LogP contribution in [0.25, 0.3) is 0 Å². The first-order valence-corrected chi connectivity index (χ1v) is 8.00. The molecule has 0 saturated carbocycles. The predicted octanol–water partition coefficient (Wildman–Crippen LogP) is 2.67. The quantitative estimate of drug-likeness (QED) is 0.907. The second kappa shape index (κ2) is 4.86. The molecule has 1 aromatic heterocycles. The van der Waals surface area contributed by atoms with E-state index in [1.807, 2.05) is 10.9 Å². The van der Waals surface area contributed by atoms with Crippen molar-refractivity contribution in [1.82, 2.24) is 14.7 Å². The molecule has 5 heteroatoms. The number of piperidine rings is 1. The van der Waals surface area contributed by atoms with Crippen LogP contribution in [0.3, 0.4) is 0 Å². The third kappa shape index (κ3) is 2.26. The molecular weight excluding hydrogens is 306 g/mol. The summed E-state index contributed by atoms with van der Waals surface area (Å²) in [6.45, 7) is 6.41. The van der Waals surface area contributed by atoms with Crippen LogP contribution in [0.4, 0.5) is 0 Å². The molecule has 2 saturated heterocycles. The zero-order chi connectivity index (χ0) is 13.6. The molecule has 4 nitrogen and oxygen atoms in total. The molecule has 3 heterocycles. The van der Waals surface area contributed by atoms with E-state index in [0.717, 1.165) is 29.6 Å². The van der Waals surface area contributed by atoms with Gasteiger partial charge in [0.2, 0.25) is 0 Å². The Balaban J connectivity index is 1.94. The minimum Gasteiger partial charge on any atom is -0.383 e. The minimum absolute atomic E-state index is 0.270. The summed E-state index contributed by atoms with van der Waals surface area (Å²) in [4.78, 5) is 2.53. The number of hydrogen-bond donors (Lipinski definition) is 1. The first-order valence-electron chi connectivity index (χ1n) is 7.21. The Labute approximate surface area is 122 Å². The van der Waals surface area contributed by atoms with E-state index in [-0.39, 0.29) is 6.04 Å². The van der Waals surface area contributed by atoms with Crippen LogP contribution in [-0.2, 0) is 5.60 Å². The lowest BCUT2D eigenvalue weighted by Crippen LogP contribution is -2.47. The number of rotatable bonds is 2. The van der Waals surface area contributed by atoms with Gasteiger partial charge in [0.25, 0.3) is 0 Å². The van der Waals surface area contributed by atoms with Crippen molar-refractivity contribution >= 4 is 15.9 Å². The van der Waals surface area contributed by atoms with Crippen LogP contribution in [0.2, 0.25) is 0 Å². The van der Waals surface area contributed by atoms with E-state index in [2.05, 4.69) is 39.8 Å². The van der Waals surface area contributed by atoms with Gasteiger partial charge in [-0.1, -0.05) is 0 Å². The topological polar surface area (TPSA) is 41.3 Å². The van der Waals surface area contributed by atoms with Gasteiger partial charge in [-0.3, -0.25) is 4.68 Å². The van der Waals surface area contributed by atoms with Crippen LogP contribution in [0.1, 0.15) is 51.3 Å². The molecule has 0 radical (unpaired) electrons. The van der Waals surface area contributed by atoms with Gasteiger partial charge in [-0.15, -0.1) is 0 Å². The van der Waals surface area contributed by atoms with Crippen molar-refractivity contribution in [1.29, 1.82) is 0 Å². The standard InChI is InChI=1S/C14H22BrN3O/c1-10(2)18-13(12(15)9-16-18)14(19)5-7-17-6-3-4-11(17)8-14/h9-11,19H,3-8H2,1-2H3. The summed E-state index contributed by atoms with van der Waals surface area (Å²) in [7, 11) is 0. The SMILES string of the molecule is CC(C)n1ncc(Br)c1C1(O)CCN2CCCC2C1. The van der Waals surface area contributed by atoms with Gasteiger partial charge in [-0.25, -0.2) is 0 Å². The Morgan fingerprint density at radius 3 is 3.00 bits per heavy atom. The van der Waals surface area contributed by atoms with E-state index in [9.17, 15) is 5.11 Å². The van der Waals surface area contributed by atoms with E-state index in [1.165, 1.54) is 19.4 Å². The van der Waals surface area contributed by atoms with Gasteiger partial charge in [-0.2, -0.15) is 5.10 Å². The predicted molar refractivity (Wildman–Crippen MR) is 78.0 cm³/mol. The molecule has 0 bridgehead atoms. The summed E-state index contributed by atoms with van der Waals surface area (Å²) in [5.41, 5.74) is 0.236. The zero-order valence-electron chi connectivity index (χ0n) is 11.6. The van der Waals surface area contributed by atoms with Gasteiger partial charge in [0.1, 0.15) is 5.60 Å². The van der Waals surface area contributed by atoms with E-state index < -0.39 is 5.60 Å². The van der Waals surface area contributed by atoms with Crippen molar-refractivity contribution < 1.29 is 5.11 Å². The highest BCUT2D eigenvalue weighted by Crippen LogP contribution is 2.42. The number of aliphatic hydroxyl groups is 1. The second-order valence-corrected chi connectivity index (χ2v) is 7.05. The number of aromatic nitrogens is 2. The smallest absolute Gasteiger partial charge is 0.110 e. The van der Waals surface area contributed by atoms with Gasteiger partial charge in [0.05, 0.1) is 16.4 Å². The fourth-order valence-corrected chi connectivity index (χ4v) is 4.27. The van der Waals surface area contributed by atoms with Crippen LogP contribution in [0, 0.1) is 0 Å². The Kier molecular flexibility index (Phi) is 3.48. The normalized spacial score (nSPS) is 31.9. The van der Waals surface area contributed by atoms with Gasteiger partial charge in [-0.05, 0) is 62.0 Å². The average molecular weight is 328 g/mol. The molecule has 3 rings (SSSR count). The van der Waals surface area contributed by atoms with E-state index in [0.29, 0.717) is 6.04 Å². The molecule has 2 aliphatic heterocycles. The van der Waals surface area contributed by atoms with Crippen LogP contribution < -0.4 is 0 Å². The molecule has 2 unspecified atom stereocenters. The van der Waals surface area contributed by atoms with Crippen molar-refractivity contribution in [3.63, 3.8) is 0 Å². The molecule has 1 aromatic rings. The molecule has 2 atom stereocenters. The summed E-state index contributed by atoms with van der Waals surface area (Å²) in [6.07, 6.45) is 5.94. The Hall–Kier alpha value is -0.390. The first-order chi connectivity index (χ1) is 9.01. The molecule has 0 aromatic carbocycles. The molecule has 106 valence electrons. The largest absolute Gasteiger partial charge is 0.383 e. The summed E-state index contributed by atoms with van der Waals surface area (Å²) in [6, 6.07) is 0.813. The van der Waals surface area contributed by atoms with Crippen molar-refractivity contribution in [2.24, 2.45) is 0 Å². The molecule has 0 spiro atoms. The average Bonchev–Trinajstić information content (AvgIpc) is 2.94. The van der Waals surface area contributed by atoms with Gasteiger partial charge >= 0.3 is 0 Å². The number of nitrogens with zero attached hydrogens (tertiary/aromatic N) is 3. The lowest BCUT2D eigenvalue weighted by atomic mass is 9.83. The maximum Gasteiger partial charge on any atom is 0.110 e. The Morgan fingerprint density at radius 1 is 1.47 bits per heavy atom. The molecule has 19 heavy (non-hydrogen) atoms. The Morgan fingerprint density at radius 2 is 2.26 bits per heavy atom. The first kappa shape index (κ1) is 13.6. The van der Waals surface area contributed by atoms with Crippen LogP contribution in [-0.4, -0.2) is 38.9 Å². The number of fused-ring (bicyclic) bond motifs is 1. The molecular formula is C14H22BrN3O. The van der Waals surface area contributed by atoms with Gasteiger partial charge in [0.15, 0.2) is 0 Å². The molecule has 0 amide bonds. The van der Waals surface area contributed by atoms with E-state index in [1.54, 1.807) is 0 Å². The summed E-state index contributed by atoms with van der Waals surface area (Å²) >= 11 is 3.57. The van der Waals surface area contributed by atoms with Gasteiger partial charge in [0, 0.05) is 18.6 Å². The third-order valence-corrected chi connectivity index (χ3v) is 5.15. The highest BCUT2D eigenvalue weighted by atomic mass is 79.9. The number of halogens is 1. The lowest BCUT2D eigenvalue weighted by molar-refractivity contribution is -0.0484. The summed E-state index contributed by atoms with van der Waals surface area (Å²) in [5.74, 6) is 0. The molecule has 2 fully saturated rings. The summed E-state index contributed by atoms with van der Waals surface area (Å²) in [5, 5.41) is 15.6. The molecule has 0 aliphatic carbocycles. The van der Waals surface area contributed by atoms with Gasteiger partial charge < -0.3 is 10.0 Å². The Bertz CT molecular complexity index is 473. The molecule has 1 N–H and O–H groups in total. The highest BCUT2D eigenvalue weighted by molar-refractivity contribution is 9.10. The fraction of sp³-hybridized carbons (Fsp3) is 0.786. The highest BCUT2D eigenvalue weighted by Gasteiger charge is 2.44. The van der Waals surface area contributed by atoms with Crippen molar-refractivity contribution in [2.45, 2.75) is 57.2 Å². The fourth-order valence-electron chi connectivity index (χ4n) is 3.62. The van der Waals surface area contributed by atoms with Crippen LogP contribution in [0.15, 0.2) is 10.7 Å². The van der Waals surface area contributed by atoms with Crippen molar-refractivity contribution in [3.05, 3.63) is 16.4 Å². The number of hydrogen-bond acceptors (Lipinski definition) is 3. The third-order valence-electron chi connectivity index (χ3n) is 4.57. The van der Waals surface area contributed by atoms with Crippen LogP contribution in [0.5, 0.6) is 0 Å². The van der Waals surface area contributed by atoms with E-state index in [4.69, 9.17) is 0 Å². The second-order valence-electron chi connectivity index (χ2n) is 6.20. The monoisotopic (exact) mass is 327 g/mol. The van der Waals surface area contributed by atoms with Crippen molar-refractivity contribution in [3.8, 4) is 0 Å².